The molecule has 0 saturated heterocycles. The average molecular weight is 245 g/mol. The van der Waals surface area contributed by atoms with Gasteiger partial charge in [0, 0.05) is 10.9 Å². The first-order chi connectivity index (χ1) is 8.34. The van der Waals surface area contributed by atoms with Crippen molar-refractivity contribution in [1.82, 2.24) is 9.82 Å². The summed E-state index contributed by atoms with van der Waals surface area (Å²) in [5.74, 6) is 0. The van der Waals surface area contributed by atoms with Crippen molar-refractivity contribution in [2.75, 3.05) is 11.6 Å². The molecule has 0 radical (unpaired) electrons. The van der Waals surface area contributed by atoms with E-state index in [1.54, 1.807) is 0 Å². The molecule has 1 aliphatic rings. The van der Waals surface area contributed by atoms with Crippen LogP contribution in [0.2, 0.25) is 0 Å². The summed E-state index contributed by atoms with van der Waals surface area (Å²) < 4.78 is 0. The highest BCUT2D eigenvalue weighted by molar-refractivity contribution is 8.00. The van der Waals surface area contributed by atoms with Gasteiger partial charge in [-0.15, -0.1) is 0 Å². The number of aromatic nitrogens is 1. The molecule has 2 aromatic rings. The minimum atomic E-state index is -0.0768. The number of hydrogen-bond donors (Lipinski definition) is 2. The highest BCUT2D eigenvalue weighted by Gasteiger charge is 2.12. The molecule has 1 aromatic heterocycles. The second kappa shape index (κ2) is 4.27. The van der Waals surface area contributed by atoms with Crippen LogP contribution in [0.25, 0.3) is 10.9 Å². The Bertz CT molecular complexity index is 635. The molecule has 0 spiro atoms. The Hall–Kier alpha value is -1.72. The van der Waals surface area contributed by atoms with Crippen LogP contribution in [0.4, 0.5) is 5.69 Å². The molecule has 17 heavy (non-hydrogen) atoms. The van der Waals surface area contributed by atoms with Gasteiger partial charge in [0.05, 0.1) is 6.54 Å². The average Bonchev–Trinajstić information content (AvgIpc) is 2.39. The van der Waals surface area contributed by atoms with E-state index in [1.807, 2.05) is 46.8 Å². The van der Waals surface area contributed by atoms with Crippen LogP contribution in [0.5, 0.6) is 0 Å². The summed E-state index contributed by atoms with van der Waals surface area (Å²) in [6.45, 7) is 0.689. The number of fused-ring (bicyclic) bond motifs is 1. The number of anilines is 1. The molecular weight excluding hydrogens is 234 g/mol. The maximum atomic E-state index is 12.0. The minimum Gasteiger partial charge on any atom is -0.320 e. The summed E-state index contributed by atoms with van der Waals surface area (Å²) >= 11 is 1.45. The van der Waals surface area contributed by atoms with Crippen LogP contribution in [-0.4, -0.2) is 11.5 Å². The highest BCUT2D eigenvalue weighted by atomic mass is 32.2. The number of hydrazine groups is 1. The van der Waals surface area contributed by atoms with Gasteiger partial charge in [0.1, 0.15) is 5.69 Å². The quantitative estimate of drug-likeness (QED) is 0.755. The van der Waals surface area contributed by atoms with Gasteiger partial charge in [0.25, 0.3) is 5.56 Å². The van der Waals surface area contributed by atoms with Crippen LogP contribution >= 0.6 is 11.9 Å². The van der Waals surface area contributed by atoms with Gasteiger partial charge in [-0.1, -0.05) is 24.3 Å². The number of aromatic amines is 1. The zero-order valence-electron chi connectivity index (χ0n) is 9.01. The Morgan fingerprint density at radius 2 is 2.18 bits per heavy atom. The summed E-state index contributed by atoms with van der Waals surface area (Å²) in [6, 6.07) is 9.67. The van der Waals surface area contributed by atoms with Gasteiger partial charge in [-0.3, -0.25) is 9.80 Å². The first-order valence-corrected chi connectivity index (χ1v) is 6.18. The fourth-order valence-electron chi connectivity index (χ4n) is 1.81. The van der Waals surface area contributed by atoms with E-state index in [2.05, 4.69) is 9.82 Å². The Morgan fingerprint density at radius 1 is 1.29 bits per heavy atom. The third-order valence-corrected chi connectivity index (χ3v) is 3.29. The molecule has 0 aliphatic carbocycles. The molecular formula is C12H11N3OS. The number of hydrogen-bond acceptors (Lipinski definition) is 4. The molecule has 0 atom stereocenters. The molecule has 1 aromatic carbocycles. The van der Waals surface area contributed by atoms with Crippen molar-refractivity contribution in [2.24, 2.45) is 0 Å². The maximum absolute atomic E-state index is 12.0. The molecule has 5 heteroatoms. The van der Waals surface area contributed by atoms with Crippen molar-refractivity contribution >= 4 is 28.5 Å². The van der Waals surface area contributed by atoms with Crippen molar-refractivity contribution < 1.29 is 0 Å². The van der Waals surface area contributed by atoms with E-state index < -0.39 is 0 Å². The van der Waals surface area contributed by atoms with Gasteiger partial charge in [-0.05, 0) is 29.5 Å². The van der Waals surface area contributed by atoms with Gasteiger partial charge in [0.15, 0.2) is 0 Å². The minimum absolute atomic E-state index is 0.0768. The van der Waals surface area contributed by atoms with Crippen LogP contribution in [0.1, 0.15) is 0 Å². The molecule has 3 rings (SSSR count). The number of benzene rings is 1. The van der Waals surface area contributed by atoms with E-state index in [0.29, 0.717) is 12.2 Å². The van der Waals surface area contributed by atoms with Crippen molar-refractivity contribution in [2.45, 2.75) is 0 Å². The molecule has 0 saturated carbocycles. The standard InChI is InChI=1S/C12H11N3OS/c16-12-11(15-6-3-7-17-14-15)8-9-4-1-2-5-10(9)13-12/h1-5,7-8,14H,6H2,(H,13,16). The summed E-state index contributed by atoms with van der Waals surface area (Å²) in [5, 5.41) is 4.82. The Kier molecular flexibility index (Phi) is 2.62. The third kappa shape index (κ3) is 1.94. The Labute approximate surface area is 102 Å². The maximum Gasteiger partial charge on any atom is 0.273 e. The van der Waals surface area contributed by atoms with E-state index in [4.69, 9.17) is 0 Å². The number of pyridine rings is 1. The fourth-order valence-corrected chi connectivity index (χ4v) is 2.36. The number of rotatable bonds is 1. The van der Waals surface area contributed by atoms with Crippen LogP contribution in [0.15, 0.2) is 46.6 Å². The molecule has 2 heterocycles. The van der Waals surface area contributed by atoms with E-state index in [9.17, 15) is 4.79 Å². The van der Waals surface area contributed by atoms with Crippen LogP contribution < -0.4 is 15.4 Å². The van der Waals surface area contributed by atoms with Crippen molar-refractivity contribution in [3.05, 3.63) is 52.2 Å². The predicted molar refractivity (Wildman–Crippen MR) is 71.8 cm³/mol. The topological polar surface area (TPSA) is 48.1 Å². The van der Waals surface area contributed by atoms with Crippen LogP contribution in [0, 0.1) is 0 Å². The van der Waals surface area contributed by atoms with Crippen molar-refractivity contribution in [3.8, 4) is 0 Å². The van der Waals surface area contributed by atoms with E-state index in [1.165, 1.54) is 11.9 Å². The molecule has 0 fully saturated rings. The second-order valence-electron chi connectivity index (χ2n) is 3.76. The predicted octanol–water partition coefficient (Wildman–Crippen LogP) is 2.01. The first-order valence-electron chi connectivity index (χ1n) is 5.30. The summed E-state index contributed by atoms with van der Waals surface area (Å²) in [7, 11) is 0. The summed E-state index contributed by atoms with van der Waals surface area (Å²) in [5.41, 5.74) is 1.43. The van der Waals surface area contributed by atoms with Gasteiger partial charge in [0.2, 0.25) is 0 Å². The normalized spacial score (nSPS) is 15.4. The summed E-state index contributed by atoms with van der Waals surface area (Å²) in [6.07, 6.45) is 2.01. The number of para-hydroxylation sites is 1. The van der Waals surface area contributed by atoms with Crippen LogP contribution in [-0.2, 0) is 0 Å². The van der Waals surface area contributed by atoms with Crippen molar-refractivity contribution in [1.29, 1.82) is 0 Å². The number of nitrogens with zero attached hydrogens (tertiary/aromatic N) is 1. The first kappa shape index (κ1) is 10.4. The molecule has 86 valence electrons. The number of nitrogens with one attached hydrogen (secondary N) is 2. The lowest BCUT2D eigenvalue weighted by Gasteiger charge is -2.24. The molecule has 1 aliphatic heterocycles. The zero-order valence-corrected chi connectivity index (χ0v) is 9.83. The van der Waals surface area contributed by atoms with E-state index in [-0.39, 0.29) is 5.56 Å². The Morgan fingerprint density at radius 3 is 3.00 bits per heavy atom. The smallest absolute Gasteiger partial charge is 0.273 e. The highest BCUT2D eigenvalue weighted by Crippen LogP contribution is 2.17. The van der Waals surface area contributed by atoms with E-state index in [0.717, 1.165) is 10.9 Å². The molecule has 0 unspecified atom stereocenters. The van der Waals surface area contributed by atoms with Gasteiger partial charge >= 0.3 is 0 Å². The lowest BCUT2D eigenvalue weighted by atomic mass is 10.2. The largest absolute Gasteiger partial charge is 0.320 e. The zero-order chi connectivity index (χ0) is 11.7. The third-order valence-electron chi connectivity index (χ3n) is 2.64. The van der Waals surface area contributed by atoms with Gasteiger partial charge < -0.3 is 4.98 Å². The monoisotopic (exact) mass is 245 g/mol. The molecule has 0 bridgehead atoms. The Balaban J connectivity index is 2.13. The SMILES string of the molecule is O=c1[nH]c2ccccc2cc1N1CC=CSN1. The van der Waals surface area contributed by atoms with Gasteiger partial charge in [-0.25, -0.2) is 0 Å². The summed E-state index contributed by atoms with van der Waals surface area (Å²) in [4.78, 5) is 17.9. The lowest BCUT2D eigenvalue weighted by molar-refractivity contribution is 0.857. The fraction of sp³-hybridized carbons (Fsp3) is 0.0833. The van der Waals surface area contributed by atoms with Crippen molar-refractivity contribution in [3.63, 3.8) is 0 Å². The van der Waals surface area contributed by atoms with E-state index >= 15 is 0 Å². The lowest BCUT2D eigenvalue weighted by Crippen LogP contribution is -2.38. The molecule has 2 N–H and O–H groups in total. The second-order valence-corrected chi connectivity index (χ2v) is 4.45. The molecule has 0 amide bonds. The molecule has 4 nitrogen and oxygen atoms in total. The number of H-pyrrole nitrogens is 1. The van der Waals surface area contributed by atoms with Gasteiger partial charge in [-0.2, -0.15) is 4.83 Å². The van der Waals surface area contributed by atoms with Crippen LogP contribution in [0.3, 0.4) is 0 Å².